The molecule has 0 saturated carbocycles. The Morgan fingerprint density at radius 3 is 2.58 bits per heavy atom. The van der Waals surface area contributed by atoms with Crippen molar-refractivity contribution in [1.82, 2.24) is 0 Å². The lowest BCUT2D eigenvalue weighted by Gasteiger charge is -2.20. The Labute approximate surface area is 117 Å². The van der Waals surface area contributed by atoms with Gasteiger partial charge < -0.3 is 19.9 Å². The number of hydrogen-bond donors (Lipinski definition) is 1. The third kappa shape index (κ3) is 2.66. The first kappa shape index (κ1) is 13.0. The van der Waals surface area contributed by atoms with E-state index in [1.54, 1.807) is 0 Å². The summed E-state index contributed by atoms with van der Waals surface area (Å²) in [7, 11) is 0. The molecule has 19 heavy (non-hydrogen) atoms. The molecular weight excluding hydrogens is 266 g/mol. The fraction of sp³-hybridized carbons (Fsp3) is 0.571. The maximum atomic E-state index is 6.33. The number of fused-ring (bicyclic) bond motifs is 1. The summed E-state index contributed by atoms with van der Waals surface area (Å²) >= 11 is 6.33. The quantitative estimate of drug-likeness (QED) is 0.906. The zero-order chi connectivity index (χ0) is 13.2. The Bertz CT molecular complexity index is 460. The monoisotopic (exact) mass is 283 g/mol. The Morgan fingerprint density at radius 1 is 1.16 bits per heavy atom. The van der Waals surface area contributed by atoms with Crippen molar-refractivity contribution in [2.45, 2.75) is 18.9 Å². The maximum Gasteiger partial charge on any atom is 0.162 e. The molecule has 0 aromatic heterocycles. The topological polar surface area (TPSA) is 53.7 Å². The van der Waals surface area contributed by atoms with Crippen LogP contribution < -0.4 is 15.2 Å². The first-order chi connectivity index (χ1) is 9.25. The molecule has 1 fully saturated rings. The highest BCUT2D eigenvalue weighted by Gasteiger charge is 2.27. The number of rotatable bonds is 2. The number of nitrogens with two attached hydrogens (primary N) is 1. The molecule has 5 heteroatoms. The molecule has 0 bridgehead atoms. The molecule has 2 heterocycles. The smallest absolute Gasteiger partial charge is 0.162 e. The normalized spacial score (nSPS) is 24.0. The maximum absolute atomic E-state index is 6.33. The van der Waals surface area contributed by atoms with Crippen LogP contribution in [0.1, 0.15) is 24.4 Å². The van der Waals surface area contributed by atoms with Gasteiger partial charge in [0.05, 0.1) is 19.8 Å². The van der Waals surface area contributed by atoms with E-state index in [0.29, 0.717) is 36.5 Å². The van der Waals surface area contributed by atoms with E-state index in [-0.39, 0.29) is 6.04 Å². The Morgan fingerprint density at radius 2 is 1.89 bits per heavy atom. The average molecular weight is 284 g/mol. The molecule has 2 unspecified atom stereocenters. The van der Waals surface area contributed by atoms with Crippen LogP contribution in [0, 0.1) is 5.92 Å². The molecule has 1 aromatic carbocycles. The largest absolute Gasteiger partial charge is 0.490 e. The molecule has 104 valence electrons. The van der Waals surface area contributed by atoms with Gasteiger partial charge in [-0.25, -0.2) is 0 Å². The van der Waals surface area contributed by atoms with Crippen molar-refractivity contribution in [1.29, 1.82) is 0 Å². The number of ether oxygens (including phenoxy) is 3. The molecule has 0 amide bonds. The van der Waals surface area contributed by atoms with Crippen molar-refractivity contribution in [3.63, 3.8) is 0 Å². The van der Waals surface area contributed by atoms with Crippen molar-refractivity contribution < 1.29 is 14.2 Å². The molecule has 2 atom stereocenters. The zero-order valence-electron chi connectivity index (χ0n) is 10.7. The molecule has 2 aliphatic heterocycles. The first-order valence-electron chi connectivity index (χ1n) is 6.68. The summed E-state index contributed by atoms with van der Waals surface area (Å²) in [6.45, 7) is 2.80. The van der Waals surface area contributed by atoms with Gasteiger partial charge in [-0.2, -0.15) is 0 Å². The second-order valence-electron chi connectivity index (χ2n) is 5.02. The van der Waals surface area contributed by atoms with Gasteiger partial charge in [0, 0.05) is 36.1 Å². The third-order valence-corrected chi connectivity index (χ3v) is 4.03. The van der Waals surface area contributed by atoms with Gasteiger partial charge in [0.15, 0.2) is 11.5 Å². The van der Waals surface area contributed by atoms with Gasteiger partial charge in [-0.3, -0.25) is 0 Å². The standard InChI is InChI=1S/C14H18ClNO3/c15-11-7-13-12(18-3-1-4-19-13)6-10(11)14(16)9-2-5-17-8-9/h6-7,9,14H,1-5,8,16H2. The minimum absolute atomic E-state index is 0.118. The summed E-state index contributed by atoms with van der Waals surface area (Å²) in [5, 5.41) is 0.642. The lowest BCUT2D eigenvalue weighted by molar-refractivity contribution is 0.181. The molecule has 1 saturated heterocycles. The minimum atomic E-state index is -0.118. The molecule has 0 aliphatic carbocycles. The SMILES string of the molecule is NC(c1cc2c(cc1Cl)OCCCO2)C1CCOC1. The van der Waals surface area contributed by atoms with Gasteiger partial charge in [0.1, 0.15) is 0 Å². The zero-order valence-corrected chi connectivity index (χ0v) is 11.5. The first-order valence-corrected chi connectivity index (χ1v) is 7.06. The van der Waals surface area contributed by atoms with Crippen molar-refractivity contribution in [3.8, 4) is 11.5 Å². The lowest BCUT2D eigenvalue weighted by Crippen LogP contribution is -2.22. The van der Waals surface area contributed by atoms with E-state index in [0.717, 1.165) is 30.8 Å². The van der Waals surface area contributed by atoms with Gasteiger partial charge in [0.2, 0.25) is 0 Å². The van der Waals surface area contributed by atoms with Gasteiger partial charge in [-0.1, -0.05) is 11.6 Å². The molecular formula is C14H18ClNO3. The van der Waals surface area contributed by atoms with Crippen LogP contribution in [0.25, 0.3) is 0 Å². The van der Waals surface area contributed by atoms with E-state index in [1.807, 2.05) is 12.1 Å². The highest BCUT2D eigenvalue weighted by atomic mass is 35.5. The molecule has 0 radical (unpaired) electrons. The van der Waals surface area contributed by atoms with Gasteiger partial charge in [-0.15, -0.1) is 0 Å². The van der Waals surface area contributed by atoms with E-state index in [9.17, 15) is 0 Å². The molecule has 3 rings (SSSR count). The summed E-state index contributed by atoms with van der Waals surface area (Å²) in [5.41, 5.74) is 7.23. The van der Waals surface area contributed by atoms with Crippen LogP contribution in [0.15, 0.2) is 12.1 Å². The predicted octanol–water partition coefficient (Wildman–Crippen LogP) is 2.54. The summed E-state index contributed by atoms with van der Waals surface area (Å²) in [6, 6.07) is 3.62. The van der Waals surface area contributed by atoms with Gasteiger partial charge in [0.25, 0.3) is 0 Å². The van der Waals surface area contributed by atoms with E-state index >= 15 is 0 Å². The second kappa shape index (κ2) is 5.57. The fourth-order valence-electron chi connectivity index (χ4n) is 2.54. The van der Waals surface area contributed by atoms with Crippen LogP contribution >= 0.6 is 11.6 Å². The molecule has 0 spiro atoms. The summed E-state index contributed by atoms with van der Waals surface area (Å²) < 4.78 is 16.7. The van der Waals surface area contributed by atoms with Crippen LogP contribution in [0.2, 0.25) is 5.02 Å². The number of hydrogen-bond acceptors (Lipinski definition) is 4. The Kier molecular flexibility index (Phi) is 3.82. The fourth-order valence-corrected chi connectivity index (χ4v) is 2.82. The summed E-state index contributed by atoms with van der Waals surface area (Å²) in [5.74, 6) is 1.77. The third-order valence-electron chi connectivity index (χ3n) is 3.70. The van der Waals surface area contributed by atoms with Crippen LogP contribution in [-0.2, 0) is 4.74 Å². The Hall–Kier alpha value is -0.970. The highest BCUT2D eigenvalue weighted by Crippen LogP contribution is 2.39. The van der Waals surface area contributed by atoms with Crippen LogP contribution in [-0.4, -0.2) is 26.4 Å². The van der Waals surface area contributed by atoms with Crippen molar-refractivity contribution in [2.24, 2.45) is 11.7 Å². The van der Waals surface area contributed by atoms with E-state index in [4.69, 9.17) is 31.5 Å². The lowest BCUT2D eigenvalue weighted by atomic mass is 9.93. The van der Waals surface area contributed by atoms with Crippen LogP contribution in [0.3, 0.4) is 0 Å². The molecule has 2 N–H and O–H groups in total. The van der Waals surface area contributed by atoms with Crippen molar-refractivity contribution >= 4 is 11.6 Å². The molecule has 2 aliphatic rings. The summed E-state index contributed by atoms with van der Waals surface area (Å²) in [4.78, 5) is 0. The van der Waals surface area contributed by atoms with Gasteiger partial charge >= 0.3 is 0 Å². The predicted molar refractivity (Wildman–Crippen MR) is 72.9 cm³/mol. The summed E-state index contributed by atoms with van der Waals surface area (Å²) in [6.07, 6.45) is 1.86. The van der Waals surface area contributed by atoms with Crippen molar-refractivity contribution in [3.05, 3.63) is 22.7 Å². The van der Waals surface area contributed by atoms with E-state index in [1.165, 1.54) is 0 Å². The van der Waals surface area contributed by atoms with Crippen LogP contribution in [0.5, 0.6) is 11.5 Å². The highest BCUT2D eigenvalue weighted by molar-refractivity contribution is 6.31. The van der Waals surface area contributed by atoms with Crippen LogP contribution in [0.4, 0.5) is 0 Å². The molecule has 4 nitrogen and oxygen atoms in total. The molecule has 1 aromatic rings. The minimum Gasteiger partial charge on any atom is -0.490 e. The van der Waals surface area contributed by atoms with Gasteiger partial charge in [-0.05, 0) is 18.1 Å². The van der Waals surface area contributed by atoms with E-state index < -0.39 is 0 Å². The van der Waals surface area contributed by atoms with Crippen molar-refractivity contribution in [2.75, 3.05) is 26.4 Å². The number of halogens is 1. The Balaban J connectivity index is 1.90. The second-order valence-corrected chi connectivity index (χ2v) is 5.43. The number of benzene rings is 1. The average Bonchev–Trinajstić information content (AvgIpc) is 2.84. The van der Waals surface area contributed by atoms with E-state index in [2.05, 4.69) is 0 Å².